The third kappa shape index (κ3) is 4.38. The number of hydrogen-bond donors (Lipinski definition) is 0. The molecule has 0 unspecified atom stereocenters. The van der Waals surface area contributed by atoms with Crippen LogP contribution in [-0.4, -0.2) is 22.6 Å². The van der Waals surface area contributed by atoms with Gasteiger partial charge in [0.25, 0.3) is 10.0 Å². The van der Waals surface area contributed by atoms with Crippen molar-refractivity contribution in [1.29, 1.82) is 0 Å². The fourth-order valence-corrected chi connectivity index (χ4v) is 4.87. The molecule has 0 radical (unpaired) electrons. The molecule has 0 fully saturated rings. The first-order valence-corrected chi connectivity index (χ1v) is 10.7. The van der Waals surface area contributed by atoms with Crippen molar-refractivity contribution < 1.29 is 17.9 Å². The number of rotatable bonds is 7. The predicted octanol–water partition coefficient (Wildman–Crippen LogP) is 4.97. The molecule has 29 heavy (non-hydrogen) atoms. The minimum atomic E-state index is -3.83. The van der Waals surface area contributed by atoms with Gasteiger partial charge in [0.2, 0.25) is 0 Å². The van der Waals surface area contributed by atoms with E-state index in [1.165, 1.54) is 4.31 Å². The van der Waals surface area contributed by atoms with Gasteiger partial charge < -0.3 is 9.47 Å². The Hall–Kier alpha value is -2.99. The van der Waals surface area contributed by atoms with Crippen LogP contribution in [0, 0.1) is 6.92 Å². The summed E-state index contributed by atoms with van der Waals surface area (Å²) in [5, 5.41) is 0. The monoisotopic (exact) mass is 411 g/mol. The van der Waals surface area contributed by atoms with Crippen molar-refractivity contribution >= 4 is 15.7 Å². The Morgan fingerprint density at radius 2 is 1.48 bits per heavy atom. The van der Waals surface area contributed by atoms with Gasteiger partial charge in [-0.1, -0.05) is 24.3 Å². The van der Waals surface area contributed by atoms with Crippen LogP contribution in [0.2, 0.25) is 0 Å². The average Bonchev–Trinajstić information content (AvgIpc) is 2.73. The number of ether oxygens (including phenoxy) is 2. The van der Waals surface area contributed by atoms with E-state index in [0.29, 0.717) is 17.2 Å². The van der Waals surface area contributed by atoms with Crippen LogP contribution in [0.4, 0.5) is 5.69 Å². The van der Waals surface area contributed by atoms with E-state index in [-0.39, 0.29) is 4.90 Å². The van der Waals surface area contributed by atoms with Crippen molar-refractivity contribution in [2.24, 2.45) is 0 Å². The first-order valence-electron chi connectivity index (χ1n) is 9.26. The third-order valence-corrected chi connectivity index (χ3v) is 6.71. The lowest BCUT2D eigenvalue weighted by atomic mass is 10.1. The zero-order valence-electron chi connectivity index (χ0n) is 17.0. The summed E-state index contributed by atoms with van der Waals surface area (Å²) in [5.74, 6) is 1.28. The Bertz CT molecular complexity index is 1080. The van der Waals surface area contributed by atoms with Crippen LogP contribution < -0.4 is 13.8 Å². The summed E-state index contributed by atoms with van der Waals surface area (Å²) in [6.45, 7) is 3.82. The van der Waals surface area contributed by atoms with Gasteiger partial charge in [-0.15, -0.1) is 0 Å². The van der Waals surface area contributed by atoms with Crippen molar-refractivity contribution in [2.75, 3.05) is 18.5 Å². The maximum Gasteiger partial charge on any atom is 0.264 e. The van der Waals surface area contributed by atoms with E-state index in [1.807, 2.05) is 62.4 Å². The van der Waals surface area contributed by atoms with Gasteiger partial charge in [-0.2, -0.15) is 0 Å². The van der Waals surface area contributed by atoms with Crippen LogP contribution in [-0.2, 0) is 10.0 Å². The van der Waals surface area contributed by atoms with Gasteiger partial charge in [-0.3, -0.25) is 4.31 Å². The molecular weight excluding hydrogens is 386 g/mol. The Kier molecular flexibility index (Phi) is 6.13. The largest absolute Gasteiger partial charge is 0.497 e. The van der Waals surface area contributed by atoms with Crippen LogP contribution in [0.15, 0.2) is 77.7 Å². The maximum atomic E-state index is 13.7. The summed E-state index contributed by atoms with van der Waals surface area (Å²) in [6.07, 6.45) is 0. The average molecular weight is 412 g/mol. The van der Waals surface area contributed by atoms with Crippen LogP contribution in [0.5, 0.6) is 11.5 Å². The summed E-state index contributed by atoms with van der Waals surface area (Å²) in [7, 11) is -0.683. The highest BCUT2D eigenvalue weighted by Gasteiger charge is 2.30. The van der Waals surface area contributed by atoms with Gasteiger partial charge in [-0.05, 0) is 73.5 Å². The van der Waals surface area contributed by atoms with Gasteiger partial charge in [0.1, 0.15) is 11.5 Å². The smallest absolute Gasteiger partial charge is 0.264 e. The highest BCUT2D eigenvalue weighted by atomic mass is 32.2. The molecule has 0 aliphatic heterocycles. The van der Waals surface area contributed by atoms with Crippen LogP contribution >= 0.6 is 0 Å². The zero-order valence-corrected chi connectivity index (χ0v) is 17.8. The highest BCUT2D eigenvalue weighted by molar-refractivity contribution is 7.92. The van der Waals surface area contributed by atoms with E-state index in [2.05, 4.69) is 0 Å². The van der Waals surface area contributed by atoms with E-state index >= 15 is 0 Å². The number of hydrogen-bond acceptors (Lipinski definition) is 4. The van der Waals surface area contributed by atoms with Crippen molar-refractivity contribution in [2.45, 2.75) is 24.8 Å². The molecule has 0 aromatic heterocycles. The van der Waals surface area contributed by atoms with Crippen molar-refractivity contribution in [3.8, 4) is 11.5 Å². The summed E-state index contributed by atoms with van der Waals surface area (Å²) >= 11 is 0. The van der Waals surface area contributed by atoms with E-state index in [0.717, 1.165) is 11.1 Å². The molecule has 3 rings (SSSR count). The second-order valence-electron chi connectivity index (χ2n) is 6.77. The molecule has 0 aliphatic carbocycles. The number of sulfonamides is 1. The molecule has 152 valence electrons. The van der Waals surface area contributed by atoms with Gasteiger partial charge in [0, 0.05) is 0 Å². The Morgan fingerprint density at radius 1 is 0.828 bits per heavy atom. The summed E-state index contributed by atoms with van der Waals surface area (Å²) in [6, 6.07) is 20.9. The molecule has 0 amide bonds. The second-order valence-corrected chi connectivity index (χ2v) is 8.58. The predicted molar refractivity (Wildman–Crippen MR) is 115 cm³/mol. The quantitative estimate of drug-likeness (QED) is 0.551. The van der Waals surface area contributed by atoms with Gasteiger partial charge in [0.15, 0.2) is 0 Å². The van der Waals surface area contributed by atoms with Crippen LogP contribution in [0.1, 0.15) is 24.1 Å². The van der Waals surface area contributed by atoms with Gasteiger partial charge in [0.05, 0.1) is 30.8 Å². The maximum absolute atomic E-state index is 13.7. The topological polar surface area (TPSA) is 55.8 Å². The Balaban J connectivity index is 2.14. The number of nitrogens with zero attached hydrogens (tertiary/aromatic N) is 1. The molecule has 0 saturated heterocycles. The molecule has 6 heteroatoms. The van der Waals surface area contributed by atoms with Gasteiger partial charge in [-0.25, -0.2) is 8.42 Å². The summed E-state index contributed by atoms with van der Waals surface area (Å²) in [4.78, 5) is 0.203. The molecule has 0 spiro atoms. The molecule has 0 aliphatic rings. The molecule has 0 saturated carbocycles. The van der Waals surface area contributed by atoms with Crippen LogP contribution in [0.25, 0.3) is 0 Å². The van der Waals surface area contributed by atoms with E-state index in [1.54, 1.807) is 38.5 Å². The van der Waals surface area contributed by atoms with Crippen molar-refractivity contribution in [1.82, 2.24) is 0 Å². The number of methoxy groups -OCH3 is 2. The van der Waals surface area contributed by atoms with E-state index in [9.17, 15) is 8.42 Å². The summed E-state index contributed by atoms with van der Waals surface area (Å²) in [5.41, 5.74) is 2.43. The van der Waals surface area contributed by atoms with Crippen molar-refractivity contribution in [3.05, 3.63) is 83.9 Å². The third-order valence-electron chi connectivity index (χ3n) is 4.80. The Labute approximate surface area is 172 Å². The normalized spacial score (nSPS) is 12.3. The second kappa shape index (κ2) is 8.57. The minimum Gasteiger partial charge on any atom is -0.497 e. The lowest BCUT2D eigenvalue weighted by molar-refractivity contribution is 0.414. The molecule has 0 bridgehead atoms. The fourth-order valence-electron chi connectivity index (χ4n) is 3.23. The number of anilines is 1. The zero-order chi connectivity index (χ0) is 21.0. The van der Waals surface area contributed by atoms with E-state index < -0.39 is 16.1 Å². The summed E-state index contributed by atoms with van der Waals surface area (Å²) < 4.78 is 39.3. The molecule has 0 N–H and O–H groups in total. The fraction of sp³-hybridized carbons (Fsp3) is 0.217. The number of aryl methyl sites for hydroxylation is 1. The highest BCUT2D eigenvalue weighted by Crippen LogP contribution is 2.35. The molecule has 5 nitrogen and oxygen atoms in total. The first-order chi connectivity index (χ1) is 13.9. The Morgan fingerprint density at radius 3 is 2.10 bits per heavy atom. The van der Waals surface area contributed by atoms with Crippen molar-refractivity contribution in [3.63, 3.8) is 0 Å². The standard InChI is InChI=1S/C23H25NO4S/c1-17-7-5-9-20(15-17)24(18(2)19-8-6-10-22(16-19)28-4)29(25,26)23-13-11-21(27-3)12-14-23/h5-16,18H,1-4H3/t18-/m1/s1. The first kappa shape index (κ1) is 20.7. The molecular formula is C23H25NO4S. The van der Waals surface area contributed by atoms with Gasteiger partial charge >= 0.3 is 0 Å². The molecule has 1 atom stereocenters. The van der Waals surface area contributed by atoms with Crippen LogP contribution in [0.3, 0.4) is 0 Å². The number of benzene rings is 3. The minimum absolute atomic E-state index is 0.203. The molecule has 0 heterocycles. The molecule has 3 aromatic carbocycles. The molecule has 3 aromatic rings. The lowest BCUT2D eigenvalue weighted by Gasteiger charge is -2.31. The SMILES string of the molecule is COc1ccc(S(=O)(=O)N(c2cccc(C)c2)[C@H](C)c2cccc(OC)c2)cc1. The lowest BCUT2D eigenvalue weighted by Crippen LogP contribution is -2.33. The van der Waals surface area contributed by atoms with E-state index in [4.69, 9.17) is 9.47 Å².